The summed E-state index contributed by atoms with van der Waals surface area (Å²) in [7, 11) is 0. The van der Waals surface area contributed by atoms with Gasteiger partial charge in [0.25, 0.3) is 0 Å². The minimum atomic E-state index is 0.978. The van der Waals surface area contributed by atoms with Crippen LogP contribution in [0.5, 0.6) is 0 Å². The van der Waals surface area contributed by atoms with Gasteiger partial charge in [-0.25, -0.2) is 0 Å². The molecule has 0 amide bonds. The maximum absolute atomic E-state index is 3.74. The Morgan fingerprint density at radius 1 is 1.36 bits per heavy atom. The van der Waals surface area contributed by atoms with Crippen molar-refractivity contribution < 1.29 is 0 Å². The van der Waals surface area contributed by atoms with E-state index in [-0.39, 0.29) is 0 Å². The SMILES string of the molecule is C=N/C=C\C(=C)CC.CCC. The third-order valence-corrected chi connectivity index (χ3v) is 0.870. The lowest BCUT2D eigenvalue weighted by molar-refractivity contribution is 1.09. The van der Waals surface area contributed by atoms with E-state index in [0.29, 0.717) is 0 Å². The van der Waals surface area contributed by atoms with Crippen LogP contribution in [-0.2, 0) is 0 Å². The number of rotatable bonds is 3. The van der Waals surface area contributed by atoms with E-state index in [9.17, 15) is 0 Å². The van der Waals surface area contributed by atoms with E-state index in [1.807, 2.05) is 6.08 Å². The fraction of sp³-hybridized carbons (Fsp3) is 0.500. The summed E-state index contributed by atoms with van der Waals surface area (Å²) in [6, 6.07) is 0. The molecule has 64 valence electrons. The second kappa shape index (κ2) is 11.9. The van der Waals surface area contributed by atoms with Crippen LogP contribution >= 0.6 is 0 Å². The molecule has 0 bridgehead atoms. The van der Waals surface area contributed by atoms with Gasteiger partial charge >= 0.3 is 0 Å². The van der Waals surface area contributed by atoms with Crippen molar-refractivity contribution in [2.45, 2.75) is 33.6 Å². The van der Waals surface area contributed by atoms with Crippen molar-refractivity contribution in [2.24, 2.45) is 4.99 Å². The first-order chi connectivity index (χ1) is 5.22. The lowest BCUT2D eigenvalue weighted by atomic mass is 10.2. The van der Waals surface area contributed by atoms with Gasteiger partial charge in [0.1, 0.15) is 0 Å². The van der Waals surface area contributed by atoms with E-state index in [2.05, 4.69) is 39.1 Å². The predicted octanol–water partition coefficient (Wildman–Crippen LogP) is 3.58. The summed E-state index contributed by atoms with van der Waals surface area (Å²) in [5, 5.41) is 0. The quantitative estimate of drug-likeness (QED) is 0.434. The van der Waals surface area contributed by atoms with Crippen LogP contribution in [0.3, 0.4) is 0 Å². The van der Waals surface area contributed by atoms with Crippen molar-refractivity contribution in [1.82, 2.24) is 0 Å². The zero-order valence-electron chi connectivity index (χ0n) is 7.93. The van der Waals surface area contributed by atoms with Gasteiger partial charge in [-0.3, -0.25) is 4.99 Å². The summed E-state index contributed by atoms with van der Waals surface area (Å²) >= 11 is 0. The molecule has 1 heteroatoms. The van der Waals surface area contributed by atoms with Gasteiger partial charge in [0.2, 0.25) is 0 Å². The monoisotopic (exact) mass is 153 g/mol. The fourth-order valence-electron chi connectivity index (χ4n) is 0.276. The number of allylic oxidation sites excluding steroid dienone is 2. The maximum Gasteiger partial charge on any atom is 0.0263 e. The van der Waals surface area contributed by atoms with Crippen LogP contribution in [0.15, 0.2) is 29.4 Å². The highest BCUT2D eigenvalue weighted by atomic mass is 14.6. The Morgan fingerprint density at radius 3 is 2.09 bits per heavy atom. The lowest BCUT2D eigenvalue weighted by Crippen LogP contribution is -1.65. The third-order valence-electron chi connectivity index (χ3n) is 0.870. The van der Waals surface area contributed by atoms with Crippen LogP contribution in [-0.4, -0.2) is 6.72 Å². The predicted molar refractivity (Wildman–Crippen MR) is 54.1 cm³/mol. The molecule has 0 aromatic rings. The van der Waals surface area contributed by atoms with Crippen molar-refractivity contribution in [3.8, 4) is 0 Å². The summed E-state index contributed by atoms with van der Waals surface area (Å²) in [5.74, 6) is 0. The molecule has 0 unspecified atom stereocenters. The van der Waals surface area contributed by atoms with Gasteiger partial charge in [-0.2, -0.15) is 0 Å². The molecule has 0 saturated heterocycles. The highest BCUT2D eigenvalue weighted by Gasteiger charge is 1.76. The van der Waals surface area contributed by atoms with E-state index in [4.69, 9.17) is 0 Å². The van der Waals surface area contributed by atoms with Crippen LogP contribution in [0.1, 0.15) is 33.6 Å². The summed E-state index contributed by atoms with van der Waals surface area (Å²) in [6.07, 6.45) is 5.73. The van der Waals surface area contributed by atoms with Crippen molar-refractivity contribution >= 4 is 6.72 Å². The van der Waals surface area contributed by atoms with E-state index >= 15 is 0 Å². The Bertz CT molecular complexity index is 123. The largest absolute Gasteiger partial charge is 0.273 e. The molecule has 0 aromatic heterocycles. The molecule has 0 aliphatic heterocycles. The lowest BCUT2D eigenvalue weighted by Gasteiger charge is -1.86. The molecule has 1 nitrogen and oxygen atoms in total. The Morgan fingerprint density at radius 2 is 1.82 bits per heavy atom. The molecule has 0 spiro atoms. The summed E-state index contributed by atoms with van der Waals surface area (Å²) in [5.41, 5.74) is 1.08. The van der Waals surface area contributed by atoms with E-state index < -0.39 is 0 Å². The first-order valence-electron chi connectivity index (χ1n) is 4.02. The highest BCUT2D eigenvalue weighted by Crippen LogP contribution is 1.96. The average Bonchev–Trinajstić information content (AvgIpc) is 2.02. The van der Waals surface area contributed by atoms with Crippen LogP contribution < -0.4 is 0 Å². The van der Waals surface area contributed by atoms with E-state index in [1.54, 1.807) is 6.20 Å². The number of aliphatic imine (C=N–C) groups is 1. The molecule has 0 radical (unpaired) electrons. The molecular formula is C10H19N. The molecule has 0 heterocycles. The minimum absolute atomic E-state index is 0.978. The van der Waals surface area contributed by atoms with Crippen molar-refractivity contribution in [3.63, 3.8) is 0 Å². The van der Waals surface area contributed by atoms with Crippen molar-refractivity contribution in [3.05, 3.63) is 24.4 Å². The molecule has 11 heavy (non-hydrogen) atoms. The van der Waals surface area contributed by atoms with Gasteiger partial charge in [0.15, 0.2) is 0 Å². The molecule has 0 rings (SSSR count). The Balaban J connectivity index is 0. The molecule has 0 fully saturated rings. The fourth-order valence-corrected chi connectivity index (χ4v) is 0.276. The van der Waals surface area contributed by atoms with Gasteiger partial charge < -0.3 is 0 Å². The maximum atomic E-state index is 3.74. The zero-order chi connectivity index (χ0) is 9.11. The Kier molecular flexibility index (Phi) is 13.8. The van der Waals surface area contributed by atoms with E-state index in [0.717, 1.165) is 12.0 Å². The number of hydrogen-bond donors (Lipinski definition) is 0. The first kappa shape index (κ1) is 12.8. The second-order valence-corrected chi connectivity index (χ2v) is 2.22. The summed E-state index contributed by atoms with van der Waals surface area (Å²) in [4.78, 5) is 3.53. The van der Waals surface area contributed by atoms with Crippen LogP contribution in [0.25, 0.3) is 0 Å². The summed E-state index contributed by atoms with van der Waals surface area (Å²) < 4.78 is 0. The van der Waals surface area contributed by atoms with Crippen LogP contribution in [0.4, 0.5) is 0 Å². The van der Waals surface area contributed by atoms with Gasteiger partial charge in [-0.1, -0.05) is 39.3 Å². The topological polar surface area (TPSA) is 12.4 Å². The van der Waals surface area contributed by atoms with Crippen LogP contribution in [0, 0.1) is 0 Å². The Labute approximate surface area is 70.5 Å². The number of nitrogens with zero attached hydrogens (tertiary/aromatic N) is 1. The first-order valence-corrected chi connectivity index (χ1v) is 4.02. The number of hydrogen-bond acceptors (Lipinski definition) is 1. The zero-order valence-corrected chi connectivity index (χ0v) is 7.93. The van der Waals surface area contributed by atoms with Crippen LogP contribution in [0.2, 0.25) is 0 Å². The summed E-state index contributed by atoms with van der Waals surface area (Å²) in [6.45, 7) is 13.3. The molecular weight excluding hydrogens is 134 g/mol. The van der Waals surface area contributed by atoms with Gasteiger partial charge in [-0.05, 0) is 19.2 Å². The normalized spacial score (nSPS) is 8.64. The van der Waals surface area contributed by atoms with Crippen molar-refractivity contribution in [1.29, 1.82) is 0 Å². The highest BCUT2D eigenvalue weighted by molar-refractivity contribution is 5.27. The molecule has 0 atom stereocenters. The van der Waals surface area contributed by atoms with Gasteiger partial charge in [0, 0.05) is 6.20 Å². The van der Waals surface area contributed by atoms with Gasteiger partial charge in [0.05, 0.1) is 0 Å². The second-order valence-electron chi connectivity index (χ2n) is 2.22. The molecule has 0 saturated carbocycles. The average molecular weight is 153 g/mol. The van der Waals surface area contributed by atoms with Crippen molar-refractivity contribution in [2.75, 3.05) is 0 Å². The molecule has 0 aliphatic carbocycles. The van der Waals surface area contributed by atoms with Gasteiger partial charge in [-0.15, -0.1) is 0 Å². The molecule has 0 N–H and O–H groups in total. The molecule has 0 aromatic carbocycles. The minimum Gasteiger partial charge on any atom is -0.273 e. The van der Waals surface area contributed by atoms with E-state index in [1.165, 1.54) is 6.42 Å². The molecule has 0 aliphatic rings. The smallest absolute Gasteiger partial charge is 0.0263 e. The third kappa shape index (κ3) is 17.6. The standard InChI is InChI=1S/C7H11N.C3H8/c1-4-7(2)5-6-8-3;1-3-2/h5-6H,2-4H2,1H3;3H2,1-2H3/b6-5-;. The Hall–Kier alpha value is -0.850.